The Hall–Kier alpha value is -3.59. The number of anilines is 2. The van der Waals surface area contributed by atoms with Crippen LogP contribution in [0.15, 0.2) is 66.7 Å². The van der Waals surface area contributed by atoms with Gasteiger partial charge in [0, 0.05) is 17.8 Å². The van der Waals surface area contributed by atoms with Gasteiger partial charge in [-0.2, -0.15) is 18.2 Å². The maximum Gasteiger partial charge on any atom is 0.417 e. The topological polar surface area (TPSA) is 54.7 Å². The Balaban J connectivity index is 1.32. The van der Waals surface area contributed by atoms with Crippen molar-refractivity contribution >= 4 is 17.3 Å². The van der Waals surface area contributed by atoms with Crippen molar-refractivity contribution in [3.05, 3.63) is 72.3 Å². The van der Waals surface area contributed by atoms with Gasteiger partial charge in [-0.05, 0) is 68.4 Å². The van der Waals surface area contributed by atoms with Crippen molar-refractivity contribution in [1.82, 2.24) is 19.5 Å². The van der Waals surface area contributed by atoms with Crippen LogP contribution in [0.25, 0.3) is 16.9 Å². The van der Waals surface area contributed by atoms with Crippen LogP contribution in [-0.2, 0) is 6.18 Å². The van der Waals surface area contributed by atoms with E-state index in [-0.39, 0.29) is 5.56 Å². The minimum absolute atomic E-state index is 0.0486. The number of fused-ring (bicyclic) bond motifs is 1. The number of rotatable bonds is 7. The molecular formula is C25H24F3N5O. The van der Waals surface area contributed by atoms with E-state index in [1.807, 2.05) is 24.3 Å². The van der Waals surface area contributed by atoms with Crippen molar-refractivity contribution in [3.8, 4) is 17.0 Å². The van der Waals surface area contributed by atoms with Crippen LogP contribution < -0.4 is 10.1 Å². The molecule has 1 N–H and O–H groups in total. The van der Waals surface area contributed by atoms with E-state index in [1.54, 1.807) is 24.3 Å². The molecule has 0 spiro atoms. The Kier molecular flexibility index (Phi) is 6.10. The summed E-state index contributed by atoms with van der Waals surface area (Å²) in [7, 11) is 0. The number of pyridine rings is 1. The number of hydrogen-bond acceptors (Lipinski definition) is 5. The average molecular weight is 467 g/mol. The largest absolute Gasteiger partial charge is 0.492 e. The van der Waals surface area contributed by atoms with E-state index < -0.39 is 11.7 Å². The lowest BCUT2D eigenvalue weighted by molar-refractivity contribution is -0.137. The summed E-state index contributed by atoms with van der Waals surface area (Å²) in [5.74, 6) is 1.07. The van der Waals surface area contributed by atoms with E-state index in [9.17, 15) is 13.2 Å². The molecule has 3 heterocycles. The first-order valence-corrected chi connectivity index (χ1v) is 11.2. The van der Waals surface area contributed by atoms with Crippen LogP contribution in [0.3, 0.4) is 0 Å². The first-order valence-electron chi connectivity index (χ1n) is 11.2. The number of benzene rings is 2. The number of aromatic nitrogens is 3. The highest BCUT2D eigenvalue weighted by molar-refractivity contribution is 5.68. The van der Waals surface area contributed by atoms with Gasteiger partial charge in [0.25, 0.3) is 0 Å². The Labute approximate surface area is 195 Å². The van der Waals surface area contributed by atoms with Crippen molar-refractivity contribution in [2.24, 2.45) is 0 Å². The number of hydrogen-bond donors (Lipinski definition) is 1. The molecule has 1 fully saturated rings. The number of halogens is 3. The van der Waals surface area contributed by atoms with Gasteiger partial charge < -0.3 is 10.1 Å². The third-order valence-electron chi connectivity index (χ3n) is 5.85. The molecule has 0 unspecified atom stereocenters. The summed E-state index contributed by atoms with van der Waals surface area (Å²) in [4.78, 5) is 6.82. The van der Waals surface area contributed by atoms with Crippen molar-refractivity contribution in [3.63, 3.8) is 0 Å². The quantitative estimate of drug-likeness (QED) is 0.382. The third kappa shape index (κ3) is 4.84. The van der Waals surface area contributed by atoms with E-state index in [1.165, 1.54) is 29.5 Å². The van der Waals surface area contributed by atoms with Gasteiger partial charge in [0.2, 0.25) is 5.95 Å². The Bertz CT molecular complexity index is 1260. The van der Waals surface area contributed by atoms with Crippen LogP contribution in [-0.4, -0.2) is 45.7 Å². The minimum atomic E-state index is -4.47. The highest BCUT2D eigenvalue weighted by Crippen LogP contribution is 2.37. The fourth-order valence-corrected chi connectivity index (χ4v) is 4.18. The van der Waals surface area contributed by atoms with E-state index in [0.717, 1.165) is 37.1 Å². The molecule has 5 rings (SSSR count). The summed E-state index contributed by atoms with van der Waals surface area (Å²) in [5, 5.41) is 7.53. The van der Waals surface area contributed by atoms with Gasteiger partial charge in [-0.3, -0.25) is 4.90 Å². The second kappa shape index (κ2) is 9.34. The fraction of sp³-hybridized carbons (Fsp3) is 0.280. The zero-order valence-corrected chi connectivity index (χ0v) is 18.4. The highest BCUT2D eigenvalue weighted by Gasteiger charge is 2.34. The molecule has 34 heavy (non-hydrogen) atoms. The lowest BCUT2D eigenvalue weighted by Gasteiger charge is -2.15. The molecule has 0 aliphatic carbocycles. The molecular weight excluding hydrogens is 443 g/mol. The van der Waals surface area contributed by atoms with Gasteiger partial charge in [0.05, 0.1) is 11.3 Å². The van der Waals surface area contributed by atoms with Gasteiger partial charge in [0.15, 0.2) is 5.65 Å². The molecule has 0 radical (unpaired) electrons. The van der Waals surface area contributed by atoms with Crippen LogP contribution in [0.5, 0.6) is 5.75 Å². The maximum absolute atomic E-state index is 13.5. The average Bonchev–Trinajstić information content (AvgIpc) is 3.49. The van der Waals surface area contributed by atoms with Crippen LogP contribution in [0.1, 0.15) is 18.4 Å². The molecule has 176 valence electrons. The summed E-state index contributed by atoms with van der Waals surface area (Å²) in [5.41, 5.74) is 0.840. The Morgan fingerprint density at radius 3 is 2.44 bits per heavy atom. The van der Waals surface area contributed by atoms with Crippen LogP contribution >= 0.6 is 0 Å². The molecule has 0 bridgehead atoms. The third-order valence-corrected chi connectivity index (χ3v) is 5.85. The summed E-state index contributed by atoms with van der Waals surface area (Å²) in [6.45, 7) is 3.84. The standard InChI is InChI=1S/C25H24F3N5O/c26-25(27,28)21-7-2-1-6-20(21)22-8-5-9-23-30-24(31-33(22)23)29-18-10-12-19(13-11-18)34-17-16-32-14-3-4-15-32/h1-2,5-13H,3-4,14-17H2,(H,29,31). The molecule has 6 nitrogen and oxygen atoms in total. The smallest absolute Gasteiger partial charge is 0.417 e. The fourth-order valence-electron chi connectivity index (χ4n) is 4.18. The molecule has 0 amide bonds. The van der Waals surface area contributed by atoms with E-state index >= 15 is 0 Å². The molecule has 2 aromatic carbocycles. The lowest BCUT2D eigenvalue weighted by atomic mass is 10.0. The van der Waals surface area contributed by atoms with Crippen molar-refractivity contribution in [1.29, 1.82) is 0 Å². The van der Waals surface area contributed by atoms with Crippen LogP contribution in [0.4, 0.5) is 24.8 Å². The summed E-state index contributed by atoms with van der Waals surface area (Å²) < 4.78 is 47.9. The van der Waals surface area contributed by atoms with Crippen molar-refractivity contribution in [2.45, 2.75) is 19.0 Å². The molecule has 1 aliphatic heterocycles. The second-order valence-corrected chi connectivity index (χ2v) is 8.21. The van der Waals surface area contributed by atoms with Gasteiger partial charge in [-0.25, -0.2) is 4.52 Å². The molecule has 0 atom stereocenters. The summed E-state index contributed by atoms with van der Waals surface area (Å²) in [6, 6.07) is 17.9. The zero-order chi connectivity index (χ0) is 23.5. The minimum Gasteiger partial charge on any atom is -0.492 e. The van der Waals surface area contributed by atoms with Crippen LogP contribution in [0, 0.1) is 0 Å². The first-order chi connectivity index (χ1) is 16.5. The lowest BCUT2D eigenvalue weighted by Crippen LogP contribution is -2.25. The molecule has 9 heteroatoms. The normalized spacial score (nSPS) is 14.6. The Morgan fingerprint density at radius 2 is 1.68 bits per heavy atom. The predicted molar refractivity (Wildman–Crippen MR) is 124 cm³/mol. The molecule has 1 aliphatic rings. The van der Waals surface area contributed by atoms with Crippen molar-refractivity contribution in [2.75, 3.05) is 31.6 Å². The monoisotopic (exact) mass is 467 g/mol. The number of nitrogens with zero attached hydrogens (tertiary/aromatic N) is 4. The number of ether oxygens (including phenoxy) is 1. The van der Waals surface area contributed by atoms with E-state index in [0.29, 0.717) is 23.9 Å². The second-order valence-electron chi connectivity index (χ2n) is 8.21. The zero-order valence-electron chi connectivity index (χ0n) is 18.4. The first kappa shape index (κ1) is 22.2. The van der Waals surface area contributed by atoms with Crippen LogP contribution in [0.2, 0.25) is 0 Å². The highest BCUT2D eigenvalue weighted by atomic mass is 19.4. The van der Waals surface area contributed by atoms with Gasteiger partial charge in [0.1, 0.15) is 12.4 Å². The van der Waals surface area contributed by atoms with Gasteiger partial charge >= 0.3 is 6.18 Å². The molecule has 2 aromatic heterocycles. The summed E-state index contributed by atoms with van der Waals surface area (Å²) in [6.07, 6.45) is -1.96. The maximum atomic E-state index is 13.5. The summed E-state index contributed by atoms with van der Waals surface area (Å²) >= 11 is 0. The van der Waals surface area contributed by atoms with Crippen molar-refractivity contribution < 1.29 is 17.9 Å². The van der Waals surface area contributed by atoms with Gasteiger partial charge in [-0.15, -0.1) is 5.10 Å². The SMILES string of the molecule is FC(F)(F)c1ccccc1-c1cccc2nc(Nc3ccc(OCCN4CCCC4)cc3)nn12. The van der Waals surface area contributed by atoms with Gasteiger partial charge in [-0.1, -0.05) is 24.3 Å². The molecule has 0 saturated carbocycles. The van der Waals surface area contributed by atoms with E-state index in [2.05, 4.69) is 20.3 Å². The molecule has 4 aromatic rings. The number of likely N-dealkylation sites (tertiary alicyclic amines) is 1. The predicted octanol–water partition coefficient (Wildman–Crippen LogP) is 5.63. The molecule has 1 saturated heterocycles. The number of nitrogens with one attached hydrogen (secondary N) is 1. The number of alkyl halides is 3. The van der Waals surface area contributed by atoms with E-state index in [4.69, 9.17) is 4.74 Å². The Morgan fingerprint density at radius 1 is 0.912 bits per heavy atom.